The van der Waals surface area contributed by atoms with Gasteiger partial charge in [0.25, 0.3) is 0 Å². The number of alkyl halides is 3. The number of nitrogens with two attached hydrogens (primary N) is 1. The lowest BCUT2D eigenvalue weighted by atomic mass is 10.3. The molecule has 0 saturated heterocycles. The molecule has 0 spiro atoms. The summed E-state index contributed by atoms with van der Waals surface area (Å²) in [5, 5.41) is 0. The average molecular weight is 444 g/mol. The van der Waals surface area contributed by atoms with Gasteiger partial charge < -0.3 is 10.5 Å². The lowest BCUT2D eigenvalue weighted by Crippen LogP contribution is -2.20. The molecule has 0 aliphatic carbocycles. The minimum Gasteiger partial charge on any atom is -0.387 e. The van der Waals surface area contributed by atoms with E-state index in [0.29, 0.717) is 3.57 Å². The number of pyridine rings is 1. The number of nitrogens with zero attached hydrogens (tertiary/aromatic N) is 1. The van der Waals surface area contributed by atoms with Gasteiger partial charge in [0.15, 0.2) is 0 Å². The van der Waals surface area contributed by atoms with Crippen LogP contribution >= 0.6 is 45.2 Å². The number of halogens is 5. The topological polar surface area (TPSA) is 48.1 Å². The van der Waals surface area contributed by atoms with E-state index in [1.54, 1.807) is 0 Å². The van der Waals surface area contributed by atoms with Crippen LogP contribution in [0.2, 0.25) is 0 Å². The lowest BCUT2D eigenvalue weighted by Gasteiger charge is -2.12. The molecule has 1 rings (SSSR count). The molecular weight excluding hydrogens is 439 g/mol. The Morgan fingerprint density at radius 2 is 2.00 bits per heavy atom. The lowest BCUT2D eigenvalue weighted by molar-refractivity contribution is -0.276. The Morgan fingerprint density at radius 1 is 1.40 bits per heavy atom. The van der Waals surface area contributed by atoms with Gasteiger partial charge in [-0.05, 0) is 45.2 Å². The Labute approximate surface area is 111 Å². The van der Waals surface area contributed by atoms with Crippen LogP contribution in [0.3, 0.4) is 0 Å². The molecule has 15 heavy (non-hydrogen) atoms. The van der Waals surface area contributed by atoms with Gasteiger partial charge in [-0.25, -0.2) is 4.98 Å². The molecule has 0 atom stereocenters. The van der Waals surface area contributed by atoms with Gasteiger partial charge in [-0.2, -0.15) is 0 Å². The van der Waals surface area contributed by atoms with Crippen molar-refractivity contribution in [2.45, 2.75) is 12.9 Å². The molecule has 0 fully saturated rings. The zero-order chi connectivity index (χ0) is 11.6. The maximum atomic E-state index is 12.0. The molecule has 3 nitrogen and oxygen atoms in total. The maximum Gasteiger partial charge on any atom is 0.574 e. The van der Waals surface area contributed by atoms with E-state index in [1.165, 1.54) is 6.20 Å². The van der Waals surface area contributed by atoms with E-state index in [4.69, 9.17) is 5.73 Å². The van der Waals surface area contributed by atoms with Crippen LogP contribution < -0.4 is 10.5 Å². The Bertz CT molecular complexity index is 370. The van der Waals surface area contributed by atoms with E-state index < -0.39 is 12.2 Å². The largest absolute Gasteiger partial charge is 0.574 e. The van der Waals surface area contributed by atoms with Crippen molar-refractivity contribution in [1.29, 1.82) is 0 Å². The summed E-state index contributed by atoms with van der Waals surface area (Å²) in [5.74, 6) is -0.477. The van der Waals surface area contributed by atoms with E-state index in [0.717, 1.165) is 3.57 Å². The van der Waals surface area contributed by atoms with Crippen LogP contribution in [0.15, 0.2) is 6.20 Å². The van der Waals surface area contributed by atoms with Gasteiger partial charge in [0.05, 0.1) is 0 Å². The monoisotopic (exact) mass is 444 g/mol. The van der Waals surface area contributed by atoms with Gasteiger partial charge in [0.1, 0.15) is 0 Å². The van der Waals surface area contributed by atoms with Crippen molar-refractivity contribution < 1.29 is 17.9 Å². The highest BCUT2D eigenvalue weighted by molar-refractivity contribution is 14.1. The predicted octanol–water partition coefficient (Wildman–Crippen LogP) is 2.65. The zero-order valence-electron chi connectivity index (χ0n) is 7.11. The predicted molar refractivity (Wildman–Crippen MR) is 64.2 cm³/mol. The highest BCUT2D eigenvalue weighted by Gasteiger charge is 2.33. The molecule has 0 aliphatic heterocycles. The van der Waals surface area contributed by atoms with Crippen molar-refractivity contribution >= 4 is 45.2 Å². The molecule has 8 heteroatoms. The summed E-state index contributed by atoms with van der Waals surface area (Å²) in [6.45, 7) is -0.0481. The summed E-state index contributed by atoms with van der Waals surface area (Å²) in [6, 6.07) is 0. The Balaban J connectivity index is 3.14. The number of aromatic nitrogens is 1. The van der Waals surface area contributed by atoms with Gasteiger partial charge in [0, 0.05) is 25.4 Å². The van der Waals surface area contributed by atoms with Crippen LogP contribution in [-0.2, 0) is 6.54 Å². The molecule has 2 N–H and O–H groups in total. The minimum absolute atomic E-state index is 0.0481. The molecule has 0 bridgehead atoms. The molecule has 84 valence electrons. The second-order valence-electron chi connectivity index (χ2n) is 2.46. The normalized spacial score (nSPS) is 11.6. The first-order valence-corrected chi connectivity index (χ1v) is 5.79. The number of rotatable bonds is 2. The van der Waals surface area contributed by atoms with Gasteiger partial charge >= 0.3 is 6.36 Å². The first-order chi connectivity index (χ1) is 6.85. The Hall–Kier alpha value is 0.160. The second-order valence-corrected chi connectivity index (χ2v) is 4.70. The van der Waals surface area contributed by atoms with Crippen molar-refractivity contribution in [3.63, 3.8) is 0 Å². The summed E-state index contributed by atoms with van der Waals surface area (Å²) < 4.78 is 41.1. The van der Waals surface area contributed by atoms with E-state index in [-0.39, 0.29) is 12.1 Å². The fourth-order valence-corrected chi connectivity index (χ4v) is 1.92. The summed E-state index contributed by atoms with van der Waals surface area (Å²) >= 11 is 3.87. The van der Waals surface area contributed by atoms with Crippen molar-refractivity contribution in [2.75, 3.05) is 0 Å². The molecular formula is C7H5F3I2N2O. The molecule has 1 aromatic heterocycles. The Kier molecular flexibility index (Phi) is 4.40. The zero-order valence-corrected chi connectivity index (χ0v) is 11.4. The molecule has 0 unspecified atom stereocenters. The highest BCUT2D eigenvalue weighted by Crippen LogP contribution is 2.29. The van der Waals surface area contributed by atoms with E-state index in [9.17, 15) is 13.2 Å². The second kappa shape index (κ2) is 4.99. The minimum atomic E-state index is -4.74. The van der Waals surface area contributed by atoms with Crippen LogP contribution in [0.25, 0.3) is 0 Å². The highest BCUT2D eigenvalue weighted by atomic mass is 127. The SMILES string of the molecule is NCc1c(OC(F)(F)F)ncc(I)c1I. The Morgan fingerprint density at radius 3 is 2.47 bits per heavy atom. The maximum absolute atomic E-state index is 12.0. The van der Waals surface area contributed by atoms with Crippen molar-refractivity contribution in [3.05, 3.63) is 18.9 Å². The molecule has 0 saturated carbocycles. The molecule has 1 aromatic rings. The third kappa shape index (κ3) is 3.59. The number of hydrogen-bond acceptors (Lipinski definition) is 3. The first-order valence-electron chi connectivity index (χ1n) is 3.64. The van der Waals surface area contributed by atoms with Crippen LogP contribution in [0.5, 0.6) is 5.88 Å². The number of ether oxygens (including phenoxy) is 1. The molecule has 0 aromatic carbocycles. The van der Waals surface area contributed by atoms with E-state index in [1.807, 2.05) is 45.2 Å². The third-order valence-electron chi connectivity index (χ3n) is 1.44. The molecule has 1 heterocycles. The van der Waals surface area contributed by atoms with Gasteiger partial charge in [-0.3, -0.25) is 0 Å². The van der Waals surface area contributed by atoms with Crippen LogP contribution in [0.4, 0.5) is 13.2 Å². The van der Waals surface area contributed by atoms with Gasteiger partial charge in [0.2, 0.25) is 5.88 Å². The average Bonchev–Trinajstić information content (AvgIpc) is 2.10. The molecule has 0 amide bonds. The first kappa shape index (κ1) is 13.2. The van der Waals surface area contributed by atoms with Crippen molar-refractivity contribution in [1.82, 2.24) is 4.98 Å². The fourth-order valence-electron chi connectivity index (χ4n) is 0.862. The van der Waals surface area contributed by atoms with E-state index >= 15 is 0 Å². The van der Waals surface area contributed by atoms with E-state index in [2.05, 4.69) is 9.72 Å². The van der Waals surface area contributed by atoms with Crippen LogP contribution in [0.1, 0.15) is 5.56 Å². The van der Waals surface area contributed by atoms with Crippen LogP contribution in [0, 0.1) is 7.14 Å². The van der Waals surface area contributed by atoms with Crippen molar-refractivity contribution in [3.8, 4) is 5.88 Å². The standard InChI is InChI=1S/C7H5F3I2N2O/c8-7(9,10)15-6-3(1-13)5(12)4(11)2-14-6/h2H,1,13H2. The van der Waals surface area contributed by atoms with Gasteiger partial charge in [-0.15, -0.1) is 13.2 Å². The summed E-state index contributed by atoms with van der Waals surface area (Å²) in [4.78, 5) is 3.56. The molecule has 0 aliphatic rings. The number of hydrogen-bond donors (Lipinski definition) is 1. The summed E-state index contributed by atoms with van der Waals surface area (Å²) in [5.41, 5.74) is 5.61. The summed E-state index contributed by atoms with van der Waals surface area (Å²) in [6.07, 6.45) is -3.44. The van der Waals surface area contributed by atoms with Crippen molar-refractivity contribution in [2.24, 2.45) is 5.73 Å². The quantitative estimate of drug-likeness (QED) is 0.715. The van der Waals surface area contributed by atoms with Gasteiger partial charge in [-0.1, -0.05) is 0 Å². The fraction of sp³-hybridized carbons (Fsp3) is 0.286. The smallest absolute Gasteiger partial charge is 0.387 e. The molecule has 0 radical (unpaired) electrons. The van der Waals surface area contributed by atoms with Crippen LogP contribution in [-0.4, -0.2) is 11.3 Å². The summed E-state index contributed by atoms with van der Waals surface area (Å²) in [7, 11) is 0. The third-order valence-corrected chi connectivity index (χ3v) is 4.53.